The number of methoxy groups -OCH3 is 1. The number of carboxylic acid groups (broad SMARTS) is 1. The number of amides is 1. The van der Waals surface area contributed by atoms with Crippen LogP contribution in [0.1, 0.15) is 35.2 Å². The number of carbonyl (C=O) groups excluding carboxylic acids is 1. The van der Waals surface area contributed by atoms with Crippen LogP contribution < -0.4 is 0 Å². The summed E-state index contributed by atoms with van der Waals surface area (Å²) in [6.07, 6.45) is 3.41. The molecule has 0 bridgehead atoms. The first-order valence-corrected chi connectivity index (χ1v) is 8.83. The third-order valence-electron chi connectivity index (χ3n) is 5.38. The number of carbonyl (C=O) groups is 2. The molecule has 3 unspecified atom stereocenters. The monoisotopic (exact) mass is 347 g/mol. The van der Waals surface area contributed by atoms with Crippen molar-refractivity contribution in [3.05, 3.63) is 35.4 Å². The van der Waals surface area contributed by atoms with Gasteiger partial charge in [0.05, 0.1) is 37.3 Å². The lowest BCUT2D eigenvalue weighted by atomic mass is 9.93. The molecule has 25 heavy (non-hydrogen) atoms. The van der Waals surface area contributed by atoms with Crippen LogP contribution in [0.4, 0.5) is 0 Å². The molecular formula is C19H25NO5. The van der Waals surface area contributed by atoms with Gasteiger partial charge in [-0.1, -0.05) is 24.6 Å². The number of nitrogens with zero attached hydrogens (tertiary/aromatic N) is 1. The Morgan fingerprint density at radius 3 is 2.88 bits per heavy atom. The van der Waals surface area contributed by atoms with Crippen LogP contribution in [-0.2, 0) is 20.7 Å². The zero-order valence-electron chi connectivity index (χ0n) is 14.5. The topological polar surface area (TPSA) is 76.1 Å². The van der Waals surface area contributed by atoms with Gasteiger partial charge in [0.25, 0.3) is 0 Å². The van der Waals surface area contributed by atoms with E-state index >= 15 is 0 Å². The first-order chi connectivity index (χ1) is 12.1. The molecule has 2 fully saturated rings. The zero-order valence-corrected chi connectivity index (χ0v) is 14.5. The summed E-state index contributed by atoms with van der Waals surface area (Å²) in [5.41, 5.74) is 0.747. The number of ether oxygens (including phenoxy) is 2. The maximum Gasteiger partial charge on any atom is 0.335 e. The standard InChI is InChI=1S/C19H25NO5/c1-24-17-8-4-7-15(17)16-12-25-10-9-20(16)18(21)11-13-5-2-3-6-14(13)19(22)23/h2-3,5-6,15-17H,4,7-12H2,1H3,(H,22,23). The number of hydrogen-bond acceptors (Lipinski definition) is 4. The van der Waals surface area contributed by atoms with Crippen molar-refractivity contribution in [3.63, 3.8) is 0 Å². The average Bonchev–Trinajstić information content (AvgIpc) is 3.10. The number of hydrogen-bond donors (Lipinski definition) is 1. The van der Waals surface area contributed by atoms with E-state index in [4.69, 9.17) is 9.47 Å². The van der Waals surface area contributed by atoms with Crippen molar-refractivity contribution in [1.82, 2.24) is 4.90 Å². The van der Waals surface area contributed by atoms with Gasteiger partial charge >= 0.3 is 5.97 Å². The van der Waals surface area contributed by atoms with Crippen LogP contribution in [0.15, 0.2) is 24.3 Å². The van der Waals surface area contributed by atoms with Crippen LogP contribution in [0.5, 0.6) is 0 Å². The first kappa shape index (κ1) is 17.9. The second-order valence-corrected chi connectivity index (χ2v) is 6.74. The molecular weight excluding hydrogens is 322 g/mol. The van der Waals surface area contributed by atoms with Crippen LogP contribution in [0.25, 0.3) is 0 Å². The molecule has 0 aromatic heterocycles. The molecule has 6 nitrogen and oxygen atoms in total. The number of aromatic carboxylic acids is 1. The largest absolute Gasteiger partial charge is 0.478 e. The minimum absolute atomic E-state index is 0.00527. The Kier molecular flexibility index (Phi) is 5.71. The van der Waals surface area contributed by atoms with Gasteiger partial charge in [-0.05, 0) is 24.5 Å². The molecule has 1 saturated heterocycles. The second kappa shape index (κ2) is 7.97. The molecule has 1 amide bonds. The minimum atomic E-state index is -1.00. The lowest BCUT2D eigenvalue weighted by molar-refractivity contribution is -0.143. The SMILES string of the molecule is COC1CCCC1C1COCCN1C(=O)Cc1ccccc1C(=O)O. The number of benzene rings is 1. The van der Waals surface area contributed by atoms with Gasteiger partial charge < -0.3 is 19.5 Å². The van der Waals surface area contributed by atoms with Crippen LogP contribution in [0, 0.1) is 5.92 Å². The van der Waals surface area contributed by atoms with Crippen molar-refractivity contribution >= 4 is 11.9 Å². The van der Waals surface area contributed by atoms with E-state index in [-0.39, 0.29) is 36.0 Å². The van der Waals surface area contributed by atoms with Gasteiger partial charge in [0.15, 0.2) is 0 Å². The van der Waals surface area contributed by atoms with Crippen LogP contribution in [0.3, 0.4) is 0 Å². The predicted octanol–water partition coefficient (Wildman–Crippen LogP) is 1.97. The van der Waals surface area contributed by atoms with Crippen molar-refractivity contribution in [2.24, 2.45) is 5.92 Å². The molecule has 0 radical (unpaired) electrons. The van der Waals surface area contributed by atoms with E-state index in [0.717, 1.165) is 19.3 Å². The molecule has 1 saturated carbocycles. The Balaban J connectivity index is 1.76. The van der Waals surface area contributed by atoms with E-state index in [9.17, 15) is 14.7 Å². The van der Waals surface area contributed by atoms with E-state index in [0.29, 0.717) is 25.3 Å². The van der Waals surface area contributed by atoms with Crippen molar-refractivity contribution in [2.45, 2.75) is 37.8 Å². The van der Waals surface area contributed by atoms with E-state index in [1.807, 2.05) is 4.90 Å². The number of carboxylic acids is 1. The molecule has 3 rings (SSSR count). The number of morpholine rings is 1. The maximum absolute atomic E-state index is 12.9. The summed E-state index contributed by atoms with van der Waals surface area (Å²) in [4.78, 5) is 26.2. The molecule has 1 aromatic rings. The van der Waals surface area contributed by atoms with E-state index in [1.165, 1.54) is 0 Å². The molecule has 2 aliphatic rings. The van der Waals surface area contributed by atoms with Gasteiger partial charge in [0, 0.05) is 19.6 Å². The summed E-state index contributed by atoms with van der Waals surface area (Å²) in [7, 11) is 1.72. The molecule has 0 spiro atoms. The van der Waals surface area contributed by atoms with Gasteiger partial charge in [0.2, 0.25) is 5.91 Å². The minimum Gasteiger partial charge on any atom is -0.478 e. The normalized spacial score (nSPS) is 26.6. The third-order valence-corrected chi connectivity index (χ3v) is 5.38. The van der Waals surface area contributed by atoms with E-state index in [1.54, 1.807) is 31.4 Å². The quantitative estimate of drug-likeness (QED) is 0.881. The fourth-order valence-electron chi connectivity index (χ4n) is 4.12. The Labute approximate surface area is 147 Å². The van der Waals surface area contributed by atoms with Crippen molar-refractivity contribution in [3.8, 4) is 0 Å². The smallest absolute Gasteiger partial charge is 0.335 e. The summed E-state index contributed by atoms with van der Waals surface area (Å²) < 4.78 is 11.2. The van der Waals surface area contributed by atoms with Crippen molar-refractivity contribution < 1.29 is 24.2 Å². The van der Waals surface area contributed by atoms with E-state index < -0.39 is 5.97 Å². The maximum atomic E-state index is 12.9. The van der Waals surface area contributed by atoms with Crippen LogP contribution in [-0.4, -0.2) is 60.9 Å². The fraction of sp³-hybridized carbons (Fsp3) is 0.579. The lowest BCUT2D eigenvalue weighted by Crippen LogP contribution is -2.54. The molecule has 1 aliphatic heterocycles. The highest BCUT2D eigenvalue weighted by molar-refractivity contribution is 5.91. The third kappa shape index (κ3) is 3.85. The summed E-state index contributed by atoms with van der Waals surface area (Å²) in [6.45, 7) is 1.59. The van der Waals surface area contributed by atoms with Gasteiger partial charge in [0.1, 0.15) is 0 Å². The summed E-state index contributed by atoms with van der Waals surface area (Å²) >= 11 is 0. The van der Waals surface area contributed by atoms with Gasteiger partial charge in [-0.2, -0.15) is 0 Å². The van der Waals surface area contributed by atoms with Gasteiger partial charge in [-0.25, -0.2) is 4.79 Å². The molecule has 1 heterocycles. The van der Waals surface area contributed by atoms with Crippen molar-refractivity contribution in [2.75, 3.05) is 26.9 Å². The molecule has 1 aliphatic carbocycles. The highest BCUT2D eigenvalue weighted by Gasteiger charge is 2.40. The second-order valence-electron chi connectivity index (χ2n) is 6.74. The number of rotatable bonds is 5. The summed E-state index contributed by atoms with van der Waals surface area (Å²) in [5.74, 6) is -0.759. The molecule has 136 valence electrons. The Bertz CT molecular complexity index is 632. The van der Waals surface area contributed by atoms with Crippen LogP contribution >= 0.6 is 0 Å². The summed E-state index contributed by atoms with van der Waals surface area (Å²) in [6, 6.07) is 6.70. The Morgan fingerprint density at radius 1 is 1.32 bits per heavy atom. The highest BCUT2D eigenvalue weighted by atomic mass is 16.5. The van der Waals surface area contributed by atoms with Crippen LogP contribution in [0.2, 0.25) is 0 Å². The molecule has 6 heteroatoms. The van der Waals surface area contributed by atoms with Gasteiger partial charge in [-0.3, -0.25) is 4.79 Å². The highest BCUT2D eigenvalue weighted by Crippen LogP contribution is 2.34. The fourth-order valence-corrected chi connectivity index (χ4v) is 4.12. The van der Waals surface area contributed by atoms with E-state index in [2.05, 4.69) is 0 Å². The Hall–Kier alpha value is -1.92. The summed E-state index contributed by atoms with van der Waals surface area (Å²) in [5, 5.41) is 9.32. The molecule has 1 aromatic carbocycles. The molecule has 1 N–H and O–H groups in total. The first-order valence-electron chi connectivity index (χ1n) is 8.83. The molecule has 3 atom stereocenters. The predicted molar refractivity (Wildman–Crippen MR) is 91.6 cm³/mol. The zero-order chi connectivity index (χ0) is 17.8. The Morgan fingerprint density at radius 2 is 2.12 bits per heavy atom. The average molecular weight is 347 g/mol. The van der Waals surface area contributed by atoms with Crippen molar-refractivity contribution in [1.29, 1.82) is 0 Å². The lowest BCUT2D eigenvalue weighted by Gasteiger charge is -2.40. The van der Waals surface area contributed by atoms with Gasteiger partial charge in [-0.15, -0.1) is 0 Å².